The van der Waals surface area contributed by atoms with E-state index >= 15 is 0 Å². The first-order valence-electron chi connectivity index (χ1n) is 5.90. The van der Waals surface area contributed by atoms with Gasteiger partial charge in [0, 0.05) is 29.2 Å². The summed E-state index contributed by atoms with van der Waals surface area (Å²) in [5, 5.41) is 19.8. The van der Waals surface area contributed by atoms with Crippen LogP contribution in [-0.4, -0.2) is 16.9 Å². The SMILES string of the molecule is Nc1c(CC(=O)[O-])cccc1C(=O)c1ccc(O)cc1.[Na+]. The predicted octanol–water partition coefficient (Wildman–Crippen LogP) is -2.50. The van der Waals surface area contributed by atoms with Gasteiger partial charge in [-0.15, -0.1) is 0 Å². The van der Waals surface area contributed by atoms with E-state index < -0.39 is 5.97 Å². The molecule has 2 aromatic carbocycles. The van der Waals surface area contributed by atoms with Crippen LogP contribution in [0.25, 0.3) is 0 Å². The van der Waals surface area contributed by atoms with Crippen LogP contribution in [0.3, 0.4) is 0 Å². The van der Waals surface area contributed by atoms with E-state index in [1.807, 2.05) is 0 Å². The van der Waals surface area contributed by atoms with Crippen LogP contribution in [-0.2, 0) is 11.2 Å². The number of carbonyl (C=O) groups is 2. The maximum atomic E-state index is 12.3. The van der Waals surface area contributed by atoms with Crippen molar-refractivity contribution in [3.8, 4) is 5.75 Å². The number of hydrogen-bond acceptors (Lipinski definition) is 5. The molecule has 0 radical (unpaired) electrons. The van der Waals surface area contributed by atoms with Crippen LogP contribution in [0.1, 0.15) is 21.5 Å². The second-order valence-corrected chi connectivity index (χ2v) is 4.30. The fourth-order valence-corrected chi connectivity index (χ4v) is 1.89. The number of phenols is 1. The molecule has 102 valence electrons. The largest absolute Gasteiger partial charge is 1.00 e. The first-order valence-corrected chi connectivity index (χ1v) is 5.90. The third-order valence-corrected chi connectivity index (χ3v) is 2.91. The molecule has 0 aliphatic rings. The molecule has 0 aliphatic carbocycles. The minimum atomic E-state index is -1.26. The summed E-state index contributed by atoms with van der Waals surface area (Å²) < 4.78 is 0. The molecule has 0 unspecified atom stereocenters. The third kappa shape index (κ3) is 4.07. The molecular formula is C15H12NNaO4. The molecule has 0 aromatic heterocycles. The summed E-state index contributed by atoms with van der Waals surface area (Å²) >= 11 is 0. The molecule has 0 spiro atoms. The molecule has 2 aromatic rings. The Morgan fingerprint density at radius 2 is 1.71 bits per heavy atom. The summed E-state index contributed by atoms with van der Waals surface area (Å²) in [5.74, 6) is -1.53. The normalized spacial score (nSPS) is 9.71. The molecule has 2 rings (SSSR count). The van der Waals surface area contributed by atoms with Crippen molar-refractivity contribution >= 4 is 17.4 Å². The molecule has 0 atom stereocenters. The van der Waals surface area contributed by atoms with Crippen molar-refractivity contribution in [2.24, 2.45) is 0 Å². The molecule has 0 heterocycles. The van der Waals surface area contributed by atoms with Crippen molar-refractivity contribution in [3.63, 3.8) is 0 Å². The minimum Gasteiger partial charge on any atom is -0.550 e. The molecule has 0 saturated heterocycles. The van der Waals surface area contributed by atoms with E-state index in [0.717, 1.165) is 0 Å². The number of hydrogen-bond donors (Lipinski definition) is 2. The van der Waals surface area contributed by atoms with Gasteiger partial charge in [-0.05, 0) is 35.9 Å². The number of aromatic hydroxyl groups is 1. The number of phenolic OH excluding ortho intramolecular Hbond substituents is 1. The maximum Gasteiger partial charge on any atom is 1.00 e. The van der Waals surface area contributed by atoms with Gasteiger partial charge in [-0.25, -0.2) is 0 Å². The molecule has 21 heavy (non-hydrogen) atoms. The second-order valence-electron chi connectivity index (χ2n) is 4.30. The van der Waals surface area contributed by atoms with Gasteiger partial charge in [-0.1, -0.05) is 12.1 Å². The molecule has 0 aliphatic heterocycles. The number of carboxylic acids is 1. The van der Waals surface area contributed by atoms with Crippen molar-refractivity contribution in [1.82, 2.24) is 0 Å². The van der Waals surface area contributed by atoms with Gasteiger partial charge in [0.25, 0.3) is 0 Å². The maximum absolute atomic E-state index is 12.3. The molecule has 0 bridgehead atoms. The first kappa shape index (κ1) is 17.2. The minimum absolute atomic E-state index is 0. The molecule has 0 saturated carbocycles. The van der Waals surface area contributed by atoms with Gasteiger partial charge >= 0.3 is 29.6 Å². The number of benzene rings is 2. The Hall–Kier alpha value is -1.82. The summed E-state index contributed by atoms with van der Waals surface area (Å²) in [6.45, 7) is 0. The summed E-state index contributed by atoms with van der Waals surface area (Å²) in [6.07, 6.45) is -0.345. The fraction of sp³-hybridized carbons (Fsp3) is 0.0667. The van der Waals surface area contributed by atoms with E-state index in [1.165, 1.54) is 30.3 Å². The standard InChI is InChI=1S/C15H13NO4.Na/c16-14-10(8-13(18)19)2-1-3-12(14)15(20)9-4-6-11(17)7-5-9;/h1-7,17H,8,16H2,(H,18,19);/q;+1/p-1. The van der Waals surface area contributed by atoms with Crippen LogP contribution < -0.4 is 40.4 Å². The van der Waals surface area contributed by atoms with Gasteiger partial charge in [0.1, 0.15) is 5.75 Å². The smallest absolute Gasteiger partial charge is 0.550 e. The van der Waals surface area contributed by atoms with Crippen LogP contribution >= 0.6 is 0 Å². The van der Waals surface area contributed by atoms with E-state index in [0.29, 0.717) is 11.1 Å². The van der Waals surface area contributed by atoms with Gasteiger partial charge in [0.15, 0.2) is 5.78 Å². The van der Waals surface area contributed by atoms with Crippen LogP contribution in [0.2, 0.25) is 0 Å². The second kappa shape index (κ2) is 7.26. The topological polar surface area (TPSA) is 103 Å². The number of nitrogen functional groups attached to an aromatic ring is 1. The van der Waals surface area contributed by atoms with Crippen molar-refractivity contribution in [2.45, 2.75) is 6.42 Å². The number of nitrogens with two attached hydrogens (primary N) is 1. The Bertz CT molecular complexity index is 668. The van der Waals surface area contributed by atoms with Crippen LogP contribution in [0.5, 0.6) is 5.75 Å². The Balaban J connectivity index is 0.00000220. The summed E-state index contributed by atoms with van der Waals surface area (Å²) in [4.78, 5) is 22.9. The van der Waals surface area contributed by atoms with Crippen molar-refractivity contribution in [2.75, 3.05) is 5.73 Å². The van der Waals surface area contributed by atoms with E-state index in [-0.39, 0.29) is 58.8 Å². The monoisotopic (exact) mass is 293 g/mol. The van der Waals surface area contributed by atoms with Crippen LogP contribution in [0.4, 0.5) is 5.69 Å². The quantitative estimate of drug-likeness (QED) is 0.368. The zero-order valence-corrected chi connectivity index (χ0v) is 13.5. The third-order valence-electron chi connectivity index (χ3n) is 2.91. The average molecular weight is 293 g/mol. The van der Waals surface area contributed by atoms with Crippen molar-refractivity contribution < 1.29 is 49.4 Å². The average Bonchev–Trinajstić information content (AvgIpc) is 2.41. The van der Waals surface area contributed by atoms with Crippen LogP contribution in [0, 0.1) is 0 Å². The number of para-hydroxylation sites is 1. The number of carbonyl (C=O) groups excluding carboxylic acids is 2. The van der Waals surface area contributed by atoms with E-state index in [4.69, 9.17) is 5.73 Å². The molecule has 3 N–H and O–H groups in total. The molecule has 0 fully saturated rings. The van der Waals surface area contributed by atoms with E-state index in [1.54, 1.807) is 12.1 Å². The number of rotatable bonds is 4. The van der Waals surface area contributed by atoms with Gasteiger partial charge in [0.2, 0.25) is 0 Å². The number of ketones is 1. The summed E-state index contributed by atoms with van der Waals surface area (Å²) in [5.41, 5.74) is 6.91. The zero-order valence-electron chi connectivity index (χ0n) is 11.5. The first-order chi connectivity index (χ1) is 9.49. The molecule has 5 nitrogen and oxygen atoms in total. The Labute approximate surface area is 143 Å². The summed E-state index contributed by atoms with van der Waals surface area (Å²) in [6, 6.07) is 10.4. The molecule has 6 heteroatoms. The Morgan fingerprint density at radius 3 is 2.29 bits per heavy atom. The number of aliphatic carboxylic acids is 1. The zero-order chi connectivity index (χ0) is 14.7. The van der Waals surface area contributed by atoms with Gasteiger partial charge < -0.3 is 20.7 Å². The van der Waals surface area contributed by atoms with Crippen molar-refractivity contribution in [1.29, 1.82) is 0 Å². The predicted molar refractivity (Wildman–Crippen MR) is 71.1 cm³/mol. The fourth-order valence-electron chi connectivity index (χ4n) is 1.89. The molecule has 0 amide bonds. The van der Waals surface area contributed by atoms with Gasteiger partial charge in [-0.3, -0.25) is 4.79 Å². The molecular weight excluding hydrogens is 281 g/mol. The van der Waals surface area contributed by atoms with Crippen LogP contribution in [0.15, 0.2) is 42.5 Å². The van der Waals surface area contributed by atoms with Gasteiger partial charge in [0.05, 0.1) is 0 Å². The Kier molecular flexibility index (Phi) is 5.96. The Morgan fingerprint density at radius 1 is 1.10 bits per heavy atom. The number of anilines is 1. The number of carboxylic acid groups (broad SMARTS) is 1. The van der Waals surface area contributed by atoms with Gasteiger partial charge in [-0.2, -0.15) is 0 Å². The van der Waals surface area contributed by atoms with E-state index in [2.05, 4.69) is 0 Å². The van der Waals surface area contributed by atoms with E-state index in [9.17, 15) is 19.8 Å². The van der Waals surface area contributed by atoms with Crippen molar-refractivity contribution in [3.05, 3.63) is 59.2 Å². The summed E-state index contributed by atoms with van der Waals surface area (Å²) in [7, 11) is 0.